The van der Waals surface area contributed by atoms with Crippen molar-refractivity contribution in [2.75, 3.05) is 0 Å². The molecule has 1 aromatic heterocycles. The van der Waals surface area contributed by atoms with Crippen molar-refractivity contribution in [3.63, 3.8) is 0 Å². The molecule has 1 aromatic rings. The third-order valence-electron chi connectivity index (χ3n) is 2.60. The average Bonchev–Trinajstić information content (AvgIpc) is 2.46. The smallest absolute Gasteiger partial charge is 0.220 e. The quantitative estimate of drug-likeness (QED) is 0.660. The second-order valence-electron chi connectivity index (χ2n) is 3.42. The molecular weight excluding hydrogens is 198 g/mol. The van der Waals surface area contributed by atoms with Crippen molar-refractivity contribution in [2.24, 2.45) is 0 Å². The normalized spacial score (nSPS) is 19.6. The molecule has 5 heteroatoms. The zero-order valence-electron chi connectivity index (χ0n) is 8.07. The number of rotatable bonds is 0. The number of H-pyrrole nitrogens is 1. The predicted molar refractivity (Wildman–Crippen MR) is 54.1 cm³/mol. The molecule has 2 rings (SSSR count). The van der Waals surface area contributed by atoms with E-state index in [1.165, 1.54) is 0 Å². The van der Waals surface area contributed by atoms with Gasteiger partial charge in [0, 0.05) is 18.2 Å². The Balaban J connectivity index is 2.50. The molecule has 0 aliphatic carbocycles. The topological polar surface area (TPSA) is 49.0 Å². The lowest BCUT2D eigenvalue weighted by Gasteiger charge is -2.19. The van der Waals surface area contributed by atoms with Gasteiger partial charge in [0.05, 0.1) is 18.9 Å². The van der Waals surface area contributed by atoms with Crippen LogP contribution in [0.25, 0.3) is 0 Å². The van der Waals surface area contributed by atoms with Gasteiger partial charge in [-0.25, -0.2) is 4.98 Å². The van der Waals surface area contributed by atoms with Crippen molar-refractivity contribution in [2.45, 2.75) is 26.4 Å². The molecule has 1 unspecified atom stereocenters. The summed E-state index contributed by atoms with van der Waals surface area (Å²) in [4.78, 5) is 20.1. The number of hydrogen-bond donors (Lipinski definition) is 1. The molecule has 1 atom stereocenters. The molecule has 0 aromatic carbocycles. The summed E-state index contributed by atoms with van der Waals surface area (Å²) in [5.41, 5.74) is 1.99. The van der Waals surface area contributed by atoms with Crippen LogP contribution < -0.4 is 0 Å². The number of amides is 1. The van der Waals surface area contributed by atoms with Crippen LogP contribution in [0.3, 0.4) is 0 Å². The molecule has 2 heterocycles. The van der Waals surface area contributed by atoms with Gasteiger partial charge < -0.3 is 9.88 Å². The number of carbonyl (C=O) groups excluding carboxylic acids is 1. The first-order chi connectivity index (χ1) is 6.61. The number of fused-ring (bicyclic) bond motifs is 1. The second-order valence-corrected chi connectivity index (χ2v) is 3.81. The molecule has 1 amide bonds. The fraction of sp³-hybridized carbons (Fsp3) is 0.444. The molecule has 0 saturated carbocycles. The number of carbonyl (C=O) groups is 1. The zero-order chi connectivity index (χ0) is 10.3. The van der Waals surface area contributed by atoms with Crippen LogP contribution in [0, 0.1) is 4.64 Å². The van der Waals surface area contributed by atoms with Gasteiger partial charge in [-0.15, -0.1) is 0 Å². The van der Waals surface area contributed by atoms with Gasteiger partial charge in [0.15, 0.2) is 0 Å². The van der Waals surface area contributed by atoms with Crippen LogP contribution in [0.5, 0.6) is 0 Å². The largest absolute Gasteiger partial charge is 0.348 e. The summed E-state index contributed by atoms with van der Waals surface area (Å²) < 4.78 is 0.592. The van der Waals surface area contributed by atoms with Crippen molar-refractivity contribution >= 4 is 18.1 Å². The van der Waals surface area contributed by atoms with E-state index in [0.717, 1.165) is 11.3 Å². The average molecular weight is 209 g/mol. The Morgan fingerprint density at radius 3 is 3.07 bits per heavy atom. The monoisotopic (exact) mass is 209 g/mol. The highest BCUT2D eigenvalue weighted by Crippen LogP contribution is 2.31. The summed E-state index contributed by atoms with van der Waals surface area (Å²) in [6, 6.07) is 0.0761. The highest BCUT2D eigenvalue weighted by atomic mass is 32.1. The van der Waals surface area contributed by atoms with Crippen molar-refractivity contribution < 1.29 is 4.79 Å². The number of aromatic amines is 1. The zero-order valence-corrected chi connectivity index (χ0v) is 8.89. The Hall–Kier alpha value is -1.23. The fourth-order valence-electron chi connectivity index (χ4n) is 1.81. The van der Waals surface area contributed by atoms with Crippen LogP contribution >= 0.6 is 12.2 Å². The van der Waals surface area contributed by atoms with Crippen LogP contribution in [0.1, 0.15) is 31.1 Å². The van der Waals surface area contributed by atoms with Gasteiger partial charge in [-0.05, 0) is 6.92 Å². The van der Waals surface area contributed by atoms with Crippen molar-refractivity contribution in [3.8, 4) is 0 Å². The second kappa shape index (κ2) is 3.16. The maximum absolute atomic E-state index is 11.3. The van der Waals surface area contributed by atoms with Crippen molar-refractivity contribution in [3.05, 3.63) is 22.2 Å². The molecule has 1 aliphatic rings. The van der Waals surface area contributed by atoms with Crippen LogP contribution in [-0.2, 0) is 11.3 Å². The Kier molecular flexibility index (Phi) is 2.11. The van der Waals surface area contributed by atoms with E-state index in [1.807, 2.05) is 6.92 Å². The number of nitrogens with one attached hydrogen (secondary N) is 1. The molecule has 0 radical (unpaired) electrons. The number of nitrogens with zero attached hydrogens (tertiary/aromatic N) is 2. The maximum atomic E-state index is 11.3. The molecule has 0 saturated heterocycles. The number of hydrogen-bond acceptors (Lipinski definition) is 3. The summed E-state index contributed by atoms with van der Waals surface area (Å²) in [7, 11) is 0. The third kappa shape index (κ3) is 1.24. The van der Waals surface area contributed by atoms with Crippen LogP contribution in [-0.4, -0.2) is 20.8 Å². The minimum atomic E-state index is 0.0662. The van der Waals surface area contributed by atoms with E-state index in [2.05, 4.69) is 9.97 Å². The van der Waals surface area contributed by atoms with Gasteiger partial charge >= 0.3 is 0 Å². The van der Waals surface area contributed by atoms with Gasteiger partial charge in [0.2, 0.25) is 5.91 Å². The van der Waals surface area contributed by atoms with Crippen molar-refractivity contribution in [1.29, 1.82) is 0 Å². The van der Waals surface area contributed by atoms with E-state index in [0.29, 0.717) is 11.2 Å². The molecule has 1 N–H and O–H groups in total. The number of aromatic nitrogens is 2. The Bertz CT molecular complexity index is 440. The van der Waals surface area contributed by atoms with E-state index in [4.69, 9.17) is 12.2 Å². The van der Waals surface area contributed by atoms with Crippen LogP contribution in [0.15, 0.2) is 6.33 Å². The molecular formula is C9H11N3OS. The Labute approximate surface area is 87.0 Å². The van der Waals surface area contributed by atoms with Crippen LogP contribution in [0.4, 0.5) is 0 Å². The van der Waals surface area contributed by atoms with E-state index in [9.17, 15) is 4.79 Å². The van der Waals surface area contributed by atoms with Gasteiger partial charge in [-0.1, -0.05) is 12.2 Å². The minimum absolute atomic E-state index is 0.0662. The first-order valence-electron chi connectivity index (χ1n) is 4.45. The Morgan fingerprint density at radius 2 is 2.50 bits per heavy atom. The third-order valence-corrected chi connectivity index (χ3v) is 2.96. The summed E-state index contributed by atoms with van der Waals surface area (Å²) in [6.45, 7) is 4.13. The highest BCUT2D eigenvalue weighted by Gasteiger charge is 2.29. The van der Waals surface area contributed by atoms with E-state index < -0.39 is 0 Å². The summed E-state index contributed by atoms with van der Waals surface area (Å²) >= 11 is 5.10. The standard InChI is InChI=1S/C9H11N3OS/c1-5-8-7(3-12(5)6(2)13)9(14)11-4-10-8/h4-5H,3H2,1-2H3,(H,10,11,14). The lowest BCUT2D eigenvalue weighted by Crippen LogP contribution is -2.25. The fourth-order valence-corrected chi connectivity index (χ4v) is 2.04. The van der Waals surface area contributed by atoms with Gasteiger partial charge in [0.25, 0.3) is 0 Å². The molecule has 0 spiro atoms. The summed E-state index contributed by atoms with van der Waals surface area (Å²) in [5, 5.41) is 0. The van der Waals surface area contributed by atoms with E-state index in [-0.39, 0.29) is 11.9 Å². The van der Waals surface area contributed by atoms with Gasteiger partial charge in [-0.3, -0.25) is 4.79 Å². The van der Waals surface area contributed by atoms with E-state index >= 15 is 0 Å². The van der Waals surface area contributed by atoms with E-state index in [1.54, 1.807) is 18.2 Å². The first kappa shape index (κ1) is 9.33. The maximum Gasteiger partial charge on any atom is 0.220 e. The lowest BCUT2D eigenvalue weighted by molar-refractivity contribution is -0.130. The SMILES string of the molecule is CC(=O)N1Cc2c([nH]cnc2=S)C1C. The van der Waals surface area contributed by atoms with Gasteiger partial charge in [-0.2, -0.15) is 0 Å². The highest BCUT2D eigenvalue weighted by molar-refractivity contribution is 7.71. The summed E-state index contributed by atoms with van der Waals surface area (Å²) in [5.74, 6) is 0.0662. The van der Waals surface area contributed by atoms with Crippen molar-refractivity contribution in [1.82, 2.24) is 14.9 Å². The lowest BCUT2D eigenvalue weighted by atomic mass is 10.2. The molecule has 0 fully saturated rings. The Morgan fingerprint density at radius 1 is 1.79 bits per heavy atom. The molecule has 0 bridgehead atoms. The molecule has 74 valence electrons. The predicted octanol–water partition coefficient (Wildman–Crippen LogP) is 1.56. The molecule has 4 nitrogen and oxygen atoms in total. The first-order valence-corrected chi connectivity index (χ1v) is 4.85. The van der Waals surface area contributed by atoms with Crippen LogP contribution in [0.2, 0.25) is 0 Å². The summed E-state index contributed by atoms with van der Waals surface area (Å²) in [6.07, 6.45) is 1.58. The molecule has 14 heavy (non-hydrogen) atoms. The minimum Gasteiger partial charge on any atom is -0.348 e. The molecule has 1 aliphatic heterocycles. The van der Waals surface area contributed by atoms with Gasteiger partial charge in [0.1, 0.15) is 4.64 Å².